The minimum absolute atomic E-state index is 0.162. The zero-order valence-electron chi connectivity index (χ0n) is 18.6. The Kier molecular flexibility index (Phi) is 6.48. The zero-order chi connectivity index (χ0) is 22.6. The summed E-state index contributed by atoms with van der Waals surface area (Å²) in [5, 5.41) is 15.3. The van der Waals surface area contributed by atoms with Crippen LogP contribution in [-0.4, -0.2) is 35.3 Å². The molecule has 4 rings (SSSR count). The van der Waals surface area contributed by atoms with Crippen molar-refractivity contribution in [2.24, 2.45) is 11.1 Å². The Balaban J connectivity index is 1.35. The van der Waals surface area contributed by atoms with Crippen molar-refractivity contribution >= 4 is 22.6 Å². The molecule has 1 heterocycles. The summed E-state index contributed by atoms with van der Waals surface area (Å²) in [6, 6.07) is 17.1. The van der Waals surface area contributed by atoms with E-state index in [2.05, 4.69) is 46.6 Å². The lowest BCUT2D eigenvalue weighted by Crippen LogP contribution is -2.50. The molecule has 6 heteroatoms. The average molecular weight is 433 g/mol. The lowest BCUT2D eigenvalue weighted by Gasteiger charge is -2.34. The van der Waals surface area contributed by atoms with Crippen LogP contribution in [-0.2, 0) is 16.1 Å². The van der Waals surface area contributed by atoms with Crippen molar-refractivity contribution in [3.05, 3.63) is 48.0 Å². The first-order chi connectivity index (χ1) is 15.4. The Morgan fingerprint density at radius 2 is 1.81 bits per heavy atom. The molecule has 2 aliphatic rings. The molecule has 1 saturated heterocycles. The van der Waals surface area contributed by atoms with E-state index in [1.165, 1.54) is 16.3 Å². The average Bonchev–Trinajstić information content (AvgIpc) is 3.21. The number of benzene rings is 2. The Morgan fingerprint density at radius 1 is 1.06 bits per heavy atom. The number of nitriles is 1. The quantitative estimate of drug-likeness (QED) is 0.698. The second-order valence-electron chi connectivity index (χ2n) is 9.59. The summed E-state index contributed by atoms with van der Waals surface area (Å²) in [5.41, 5.74) is 5.46. The van der Waals surface area contributed by atoms with Gasteiger partial charge in [0.15, 0.2) is 0 Å². The maximum absolute atomic E-state index is 12.7. The summed E-state index contributed by atoms with van der Waals surface area (Å²) < 4.78 is 0. The number of primary amides is 1. The Labute approximate surface area is 189 Å². The van der Waals surface area contributed by atoms with E-state index < -0.39 is 11.0 Å². The second kappa shape index (κ2) is 9.30. The first-order valence-electron chi connectivity index (χ1n) is 11.7. The van der Waals surface area contributed by atoms with Crippen LogP contribution in [0.3, 0.4) is 0 Å². The van der Waals surface area contributed by atoms with E-state index in [1.807, 2.05) is 12.1 Å². The third kappa shape index (κ3) is 4.78. The van der Waals surface area contributed by atoms with Gasteiger partial charge in [-0.1, -0.05) is 55.7 Å². The van der Waals surface area contributed by atoms with E-state index >= 15 is 0 Å². The summed E-state index contributed by atoms with van der Waals surface area (Å²) in [4.78, 5) is 27.1. The number of nitrogens with two attached hydrogens (primary N) is 1. The molecule has 168 valence electrons. The number of hydrogen-bond donors (Lipinski definition) is 2. The molecule has 1 aliphatic heterocycles. The van der Waals surface area contributed by atoms with Gasteiger partial charge in [0.05, 0.1) is 6.07 Å². The highest BCUT2D eigenvalue weighted by atomic mass is 16.2. The highest BCUT2D eigenvalue weighted by molar-refractivity contribution is 5.83. The number of hydrogen-bond acceptors (Lipinski definition) is 4. The van der Waals surface area contributed by atoms with Crippen LogP contribution >= 0.6 is 0 Å². The predicted molar refractivity (Wildman–Crippen MR) is 124 cm³/mol. The molecule has 1 atom stereocenters. The fourth-order valence-electron chi connectivity index (χ4n) is 5.37. The van der Waals surface area contributed by atoms with Crippen molar-refractivity contribution in [1.29, 1.82) is 5.26 Å². The van der Waals surface area contributed by atoms with Gasteiger partial charge in [-0.3, -0.25) is 14.5 Å². The summed E-state index contributed by atoms with van der Waals surface area (Å²) in [6.07, 6.45) is 5.91. The number of fused-ring (bicyclic) bond motifs is 1. The van der Waals surface area contributed by atoms with E-state index in [9.17, 15) is 14.9 Å². The largest absolute Gasteiger partial charge is 0.369 e. The Hall–Kier alpha value is -2.91. The standard InChI is InChI=1S/C26H32N4O2/c27-18-26(29-23(31)10-13-25(24(28)32)11-4-1-5-12-25)14-15-30(19-26)17-20-8-9-21-6-2-3-7-22(21)16-20/h2-3,6-9,16H,1,4-5,10-15,17,19H2,(H2,28,32)(H,29,31). The Morgan fingerprint density at radius 3 is 2.53 bits per heavy atom. The normalized spacial score (nSPS) is 23.0. The Bertz CT molecular complexity index is 1040. The lowest BCUT2D eigenvalue weighted by molar-refractivity contribution is -0.131. The van der Waals surface area contributed by atoms with Crippen LogP contribution < -0.4 is 11.1 Å². The maximum atomic E-state index is 12.7. The molecule has 2 aromatic rings. The van der Waals surface area contributed by atoms with Gasteiger partial charge >= 0.3 is 0 Å². The van der Waals surface area contributed by atoms with Crippen LogP contribution in [0.5, 0.6) is 0 Å². The number of nitrogens with one attached hydrogen (secondary N) is 1. The van der Waals surface area contributed by atoms with E-state index in [-0.39, 0.29) is 18.2 Å². The van der Waals surface area contributed by atoms with Gasteiger partial charge in [-0.05, 0) is 48.1 Å². The van der Waals surface area contributed by atoms with Gasteiger partial charge in [0.1, 0.15) is 5.54 Å². The van der Waals surface area contributed by atoms with E-state index in [4.69, 9.17) is 5.73 Å². The minimum Gasteiger partial charge on any atom is -0.369 e. The third-order valence-corrected chi connectivity index (χ3v) is 7.33. The third-order valence-electron chi connectivity index (χ3n) is 7.33. The molecule has 0 radical (unpaired) electrons. The molecule has 2 aromatic carbocycles. The summed E-state index contributed by atoms with van der Waals surface area (Å²) in [6.45, 7) is 2.00. The number of carbonyl (C=O) groups excluding carboxylic acids is 2. The number of carbonyl (C=O) groups is 2. The monoisotopic (exact) mass is 432 g/mol. The molecule has 0 bridgehead atoms. The molecule has 1 unspecified atom stereocenters. The van der Waals surface area contributed by atoms with Crippen molar-refractivity contribution in [3.8, 4) is 6.07 Å². The van der Waals surface area contributed by atoms with Gasteiger partial charge in [0.2, 0.25) is 11.8 Å². The minimum atomic E-state index is -0.875. The molecule has 6 nitrogen and oxygen atoms in total. The van der Waals surface area contributed by atoms with Crippen molar-refractivity contribution in [2.75, 3.05) is 13.1 Å². The number of amides is 2. The van der Waals surface area contributed by atoms with Crippen LogP contribution in [0.1, 0.15) is 56.9 Å². The molecular formula is C26H32N4O2. The first-order valence-corrected chi connectivity index (χ1v) is 11.7. The highest BCUT2D eigenvalue weighted by Gasteiger charge is 2.41. The zero-order valence-corrected chi connectivity index (χ0v) is 18.6. The maximum Gasteiger partial charge on any atom is 0.223 e. The number of rotatable bonds is 7. The SMILES string of the molecule is N#CC1(NC(=O)CCC2(C(N)=O)CCCCC2)CCN(Cc2ccc3ccccc3c2)C1. The second-order valence-corrected chi connectivity index (χ2v) is 9.59. The molecule has 1 saturated carbocycles. The fraction of sp³-hybridized carbons (Fsp3) is 0.500. The predicted octanol–water partition coefficient (Wildman–Crippen LogP) is 3.64. The van der Waals surface area contributed by atoms with Gasteiger partial charge in [-0.25, -0.2) is 0 Å². The number of nitrogens with zero attached hydrogens (tertiary/aromatic N) is 2. The molecule has 3 N–H and O–H groups in total. The van der Waals surface area contributed by atoms with Crippen molar-refractivity contribution in [2.45, 2.75) is 63.5 Å². The topological polar surface area (TPSA) is 99.2 Å². The van der Waals surface area contributed by atoms with Crippen molar-refractivity contribution in [1.82, 2.24) is 10.2 Å². The molecule has 0 spiro atoms. The van der Waals surface area contributed by atoms with Gasteiger partial charge < -0.3 is 11.1 Å². The van der Waals surface area contributed by atoms with Crippen LogP contribution in [0.25, 0.3) is 10.8 Å². The molecule has 2 amide bonds. The van der Waals surface area contributed by atoms with Gasteiger partial charge in [-0.15, -0.1) is 0 Å². The van der Waals surface area contributed by atoms with Gasteiger partial charge in [0, 0.05) is 31.5 Å². The molecule has 0 aromatic heterocycles. The molecule has 2 fully saturated rings. The van der Waals surface area contributed by atoms with Gasteiger partial charge in [0.25, 0.3) is 0 Å². The number of likely N-dealkylation sites (tertiary alicyclic amines) is 1. The van der Waals surface area contributed by atoms with Crippen molar-refractivity contribution < 1.29 is 9.59 Å². The molecular weight excluding hydrogens is 400 g/mol. The lowest BCUT2D eigenvalue weighted by atomic mass is 9.70. The van der Waals surface area contributed by atoms with Crippen LogP contribution in [0.4, 0.5) is 0 Å². The summed E-state index contributed by atoms with van der Waals surface area (Å²) in [5.74, 6) is -0.451. The van der Waals surface area contributed by atoms with E-state index in [0.29, 0.717) is 19.4 Å². The highest BCUT2D eigenvalue weighted by Crippen LogP contribution is 2.40. The van der Waals surface area contributed by atoms with Gasteiger partial charge in [-0.2, -0.15) is 5.26 Å². The van der Waals surface area contributed by atoms with E-state index in [1.54, 1.807) is 0 Å². The van der Waals surface area contributed by atoms with Crippen molar-refractivity contribution in [3.63, 3.8) is 0 Å². The summed E-state index contributed by atoms with van der Waals surface area (Å²) >= 11 is 0. The molecule has 32 heavy (non-hydrogen) atoms. The van der Waals surface area contributed by atoms with Crippen LogP contribution in [0, 0.1) is 16.7 Å². The van der Waals surface area contributed by atoms with Crippen LogP contribution in [0.15, 0.2) is 42.5 Å². The van der Waals surface area contributed by atoms with Crippen LogP contribution in [0.2, 0.25) is 0 Å². The molecule has 1 aliphatic carbocycles. The fourth-order valence-corrected chi connectivity index (χ4v) is 5.37. The smallest absolute Gasteiger partial charge is 0.223 e. The first kappa shape index (κ1) is 22.3. The van der Waals surface area contributed by atoms with E-state index in [0.717, 1.165) is 45.2 Å². The summed E-state index contributed by atoms with van der Waals surface area (Å²) in [7, 11) is 0.